The van der Waals surface area contributed by atoms with Gasteiger partial charge in [-0.1, -0.05) is 0 Å². The number of rotatable bonds is 6. The molecule has 0 aliphatic rings. The van der Waals surface area contributed by atoms with Crippen molar-refractivity contribution in [2.45, 2.75) is 19.3 Å². The zero-order valence-electron chi connectivity index (χ0n) is 10.2. The normalized spacial score (nSPS) is 10.0. The quantitative estimate of drug-likeness (QED) is 0.740. The molecule has 1 N–H and O–H groups in total. The molecule has 0 aliphatic carbocycles. The Balaban J connectivity index is 2.14. The Hall–Kier alpha value is -1.78. The maximum Gasteiger partial charge on any atom is 0.306 e. The molecule has 1 rings (SSSR count). The maximum atomic E-state index is 11.3. The lowest BCUT2D eigenvalue weighted by molar-refractivity contribution is -0.142. The van der Waals surface area contributed by atoms with Gasteiger partial charge < -0.3 is 14.6 Å². The van der Waals surface area contributed by atoms with Crippen molar-refractivity contribution in [1.29, 1.82) is 0 Å². The third-order valence-corrected chi connectivity index (χ3v) is 2.41. The fraction of sp³-hybridized carbons (Fsp3) is 0.500. The highest BCUT2D eigenvalue weighted by molar-refractivity contribution is 5.81. The summed E-state index contributed by atoms with van der Waals surface area (Å²) in [6, 6.07) is 2.01. The molecule has 0 spiro atoms. The maximum absolute atomic E-state index is 11.3. The summed E-state index contributed by atoms with van der Waals surface area (Å²) in [7, 11) is 3.27. The smallest absolute Gasteiger partial charge is 0.306 e. The van der Waals surface area contributed by atoms with E-state index in [2.05, 4.69) is 10.1 Å². The van der Waals surface area contributed by atoms with Gasteiger partial charge >= 0.3 is 5.97 Å². The molecule has 0 aromatic carbocycles. The third-order valence-electron chi connectivity index (χ3n) is 2.41. The van der Waals surface area contributed by atoms with Gasteiger partial charge in [-0.05, 0) is 18.1 Å². The van der Waals surface area contributed by atoms with E-state index in [9.17, 15) is 9.59 Å². The summed E-state index contributed by atoms with van der Waals surface area (Å²) in [4.78, 5) is 22.1. The van der Waals surface area contributed by atoms with Gasteiger partial charge in [0.25, 0.3) is 0 Å². The molecular formula is C12H18N2O3. The van der Waals surface area contributed by atoms with Crippen LogP contribution in [0.2, 0.25) is 0 Å². The Morgan fingerprint density at radius 1 is 1.41 bits per heavy atom. The molecule has 0 bridgehead atoms. The third kappa shape index (κ3) is 5.19. The van der Waals surface area contributed by atoms with Gasteiger partial charge in [-0.25, -0.2) is 0 Å². The van der Waals surface area contributed by atoms with Crippen LogP contribution < -0.4 is 5.32 Å². The number of hydrogen-bond donors (Lipinski definition) is 1. The van der Waals surface area contributed by atoms with Crippen molar-refractivity contribution in [1.82, 2.24) is 9.88 Å². The molecule has 94 valence electrons. The van der Waals surface area contributed by atoms with Crippen molar-refractivity contribution in [3.63, 3.8) is 0 Å². The van der Waals surface area contributed by atoms with E-state index < -0.39 is 0 Å². The molecule has 17 heavy (non-hydrogen) atoms. The zero-order chi connectivity index (χ0) is 12.7. The van der Waals surface area contributed by atoms with Crippen LogP contribution in [0.15, 0.2) is 18.5 Å². The van der Waals surface area contributed by atoms with Gasteiger partial charge in [-0.15, -0.1) is 0 Å². The number of aromatic nitrogens is 1. The summed E-state index contributed by atoms with van der Waals surface area (Å²) in [5.74, 6) is -0.477. The summed E-state index contributed by atoms with van der Waals surface area (Å²) in [6.07, 6.45) is 5.09. The van der Waals surface area contributed by atoms with Crippen molar-refractivity contribution in [3.8, 4) is 0 Å². The monoisotopic (exact) mass is 238 g/mol. The molecule has 1 aromatic heterocycles. The number of carbonyl (C=O) groups is 2. The van der Waals surface area contributed by atoms with E-state index in [0.29, 0.717) is 6.54 Å². The summed E-state index contributed by atoms with van der Waals surface area (Å²) in [5.41, 5.74) is 1.18. The number of nitrogens with one attached hydrogen (secondary N) is 1. The van der Waals surface area contributed by atoms with E-state index in [4.69, 9.17) is 0 Å². The highest BCUT2D eigenvalue weighted by atomic mass is 16.5. The van der Waals surface area contributed by atoms with Crippen LogP contribution in [-0.4, -0.2) is 30.1 Å². The zero-order valence-corrected chi connectivity index (χ0v) is 10.2. The molecule has 0 radical (unpaired) electrons. The average Bonchev–Trinajstić information content (AvgIpc) is 2.72. The number of nitrogens with zero attached hydrogens (tertiary/aromatic N) is 1. The van der Waals surface area contributed by atoms with Crippen molar-refractivity contribution in [2.24, 2.45) is 7.05 Å². The standard InChI is InChI=1S/C12H18N2O3/c1-14-8-6-10(9-14)5-7-13-11(15)3-4-12(16)17-2/h6,8-9H,3-5,7H2,1-2H3,(H,13,15). The van der Waals surface area contributed by atoms with Gasteiger partial charge in [0.2, 0.25) is 5.91 Å². The summed E-state index contributed by atoms with van der Waals surface area (Å²) in [5, 5.41) is 2.76. The Kier molecular flexibility index (Phi) is 5.26. The molecule has 1 aromatic rings. The van der Waals surface area contributed by atoms with E-state index >= 15 is 0 Å². The molecule has 0 unspecified atom stereocenters. The minimum Gasteiger partial charge on any atom is -0.469 e. The predicted octanol–water partition coefficient (Wildman–Crippen LogP) is 0.637. The number of methoxy groups -OCH3 is 1. The number of carbonyl (C=O) groups excluding carboxylic acids is 2. The topological polar surface area (TPSA) is 60.3 Å². The number of amides is 1. The highest BCUT2D eigenvalue weighted by Crippen LogP contribution is 1.99. The molecule has 1 heterocycles. The van der Waals surface area contributed by atoms with Crippen LogP contribution in [-0.2, 0) is 27.8 Å². The second-order valence-corrected chi connectivity index (χ2v) is 3.86. The van der Waals surface area contributed by atoms with E-state index in [-0.39, 0.29) is 24.7 Å². The van der Waals surface area contributed by atoms with Crippen LogP contribution >= 0.6 is 0 Å². The molecular weight excluding hydrogens is 220 g/mol. The van der Waals surface area contributed by atoms with Crippen LogP contribution in [0.5, 0.6) is 0 Å². The summed E-state index contributed by atoms with van der Waals surface area (Å²) >= 11 is 0. The van der Waals surface area contributed by atoms with E-state index in [0.717, 1.165) is 6.42 Å². The van der Waals surface area contributed by atoms with Crippen LogP contribution in [0.4, 0.5) is 0 Å². The average molecular weight is 238 g/mol. The lowest BCUT2D eigenvalue weighted by atomic mass is 10.2. The van der Waals surface area contributed by atoms with E-state index in [1.54, 1.807) is 0 Å². The predicted molar refractivity (Wildman–Crippen MR) is 63.4 cm³/mol. The molecule has 0 atom stereocenters. The van der Waals surface area contributed by atoms with E-state index in [1.807, 2.05) is 30.1 Å². The van der Waals surface area contributed by atoms with Crippen LogP contribution in [0, 0.1) is 0 Å². The Morgan fingerprint density at radius 3 is 2.76 bits per heavy atom. The largest absolute Gasteiger partial charge is 0.469 e. The first kappa shape index (κ1) is 13.3. The van der Waals surface area contributed by atoms with Crippen molar-refractivity contribution >= 4 is 11.9 Å². The van der Waals surface area contributed by atoms with E-state index in [1.165, 1.54) is 12.7 Å². The lowest BCUT2D eigenvalue weighted by Gasteiger charge is -2.03. The molecule has 0 aliphatic heterocycles. The Labute approximate surface area is 101 Å². The Morgan fingerprint density at radius 2 is 2.18 bits per heavy atom. The van der Waals surface area contributed by atoms with Gasteiger partial charge in [0, 0.05) is 32.4 Å². The van der Waals surface area contributed by atoms with Crippen molar-refractivity contribution < 1.29 is 14.3 Å². The van der Waals surface area contributed by atoms with Gasteiger partial charge in [0.1, 0.15) is 0 Å². The van der Waals surface area contributed by atoms with Gasteiger partial charge in [0.05, 0.1) is 13.5 Å². The summed E-state index contributed by atoms with van der Waals surface area (Å²) < 4.78 is 6.42. The minimum absolute atomic E-state index is 0.119. The fourth-order valence-corrected chi connectivity index (χ4v) is 1.46. The Bertz CT molecular complexity index is 385. The molecule has 0 fully saturated rings. The molecule has 5 nitrogen and oxygen atoms in total. The first-order valence-electron chi connectivity index (χ1n) is 5.56. The van der Waals surface area contributed by atoms with Crippen molar-refractivity contribution in [2.75, 3.05) is 13.7 Å². The van der Waals surface area contributed by atoms with Crippen LogP contribution in [0.1, 0.15) is 18.4 Å². The number of hydrogen-bond acceptors (Lipinski definition) is 3. The van der Waals surface area contributed by atoms with Crippen LogP contribution in [0.3, 0.4) is 0 Å². The number of esters is 1. The minimum atomic E-state index is -0.358. The fourth-order valence-electron chi connectivity index (χ4n) is 1.46. The first-order chi connectivity index (χ1) is 8.11. The molecule has 1 amide bonds. The summed E-state index contributed by atoms with van der Waals surface area (Å²) in [6.45, 7) is 0.587. The second kappa shape index (κ2) is 6.73. The first-order valence-corrected chi connectivity index (χ1v) is 5.56. The van der Waals surface area contributed by atoms with Crippen LogP contribution in [0.25, 0.3) is 0 Å². The molecule has 0 saturated heterocycles. The van der Waals surface area contributed by atoms with Gasteiger partial charge in [-0.3, -0.25) is 9.59 Å². The van der Waals surface area contributed by atoms with Gasteiger partial charge in [0.15, 0.2) is 0 Å². The number of ether oxygens (including phenoxy) is 1. The van der Waals surface area contributed by atoms with Gasteiger partial charge in [-0.2, -0.15) is 0 Å². The second-order valence-electron chi connectivity index (χ2n) is 3.86. The number of aryl methyl sites for hydroxylation is 1. The SMILES string of the molecule is COC(=O)CCC(=O)NCCc1ccn(C)c1. The highest BCUT2D eigenvalue weighted by Gasteiger charge is 2.06. The van der Waals surface area contributed by atoms with Crippen molar-refractivity contribution in [3.05, 3.63) is 24.0 Å². The molecule has 0 saturated carbocycles. The molecule has 5 heteroatoms. The lowest BCUT2D eigenvalue weighted by Crippen LogP contribution is -2.26.